The maximum absolute atomic E-state index is 12.0. The van der Waals surface area contributed by atoms with E-state index in [1.54, 1.807) is 0 Å². The molecule has 0 spiro atoms. The van der Waals surface area contributed by atoms with Gasteiger partial charge in [0.25, 0.3) is 0 Å². The average molecular weight is 484 g/mol. The lowest BCUT2D eigenvalue weighted by Gasteiger charge is -2.22. The normalized spacial score (nSPS) is 13.2. The lowest BCUT2D eigenvalue weighted by Crippen LogP contribution is -2.45. The second-order valence-electron chi connectivity index (χ2n) is 10.5. The summed E-state index contributed by atoms with van der Waals surface area (Å²) in [5.41, 5.74) is 0. The first-order valence-corrected chi connectivity index (χ1v) is 15.2. The first-order chi connectivity index (χ1) is 16.7. The van der Waals surface area contributed by atoms with E-state index in [0.29, 0.717) is 12.8 Å². The molecule has 0 aliphatic heterocycles. The topological polar surface area (TPSA) is 69.6 Å². The van der Waals surface area contributed by atoms with Crippen LogP contribution in [0, 0.1) is 0 Å². The van der Waals surface area contributed by atoms with Crippen molar-refractivity contribution in [2.75, 3.05) is 6.61 Å². The third-order valence-corrected chi connectivity index (χ3v) is 7.12. The molecule has 34 heavy (non-hydrogen) atoms. The molecule has 0 heterocycles. The number of unbranched alkanes of at least 4 members (excludes halogenated alkanes) is 20. The van der Waals surface area contributed by atoms with Gasteiger partial charge in [0.15, 0.2) is 0 Å². The minimum atomic E-state index is -0.648. The number of hydrogen-bond donors (Lipinski definition) is 3. The molecule has 0 radical (unpaired) electrons. The number of amides is 1. The number of hydrogen-bond acceptors (Lipinski definition) is 3. The van der Waals surface area contributed by atoms with Crippen LogP contribution in [0.25, 0.3) is 0 Å². The number of nitrogens with one attached hydrogen (secondary N) is 1. The molecule has 0 aromatic rings. The van der Waals surface area contributed by atoms with Gasteiger partial charge in [0.1, 0.15) is 0 Å². The van der Waals surface area contributed by atoms with Gasteiger partial charge < -0.3 is 15.5 Å². The molecule has 2 atom stereocenters. The predicted octanol–water partition coefficient (Wildman–Crippen LogP) is 8.23. The molecule has 0 aliphatic rings. The lowest BCUT2D eigenvalue weighted by molar-refractivity contribution is -0.123. The molecule has 0 fully saturated rings. The van der Waals surface area contributed by atoms with E-state index < -0.39 is 12.1 Å². The molecule has 0 saturated heterocycles. The fourth-order valence-corrected chi connectivity index (χ4v) is 4.71. The Kier molecular flexibility index (Phi) is 26.5. The van der Waals surface area contributed by atoms with E-state index in [1.165, 1.54) is 103 Å². The molecule has 0 aliphatic carbocycles. The quantitative estimate of drug-likeness (QED) is 0.103. The second-order valence-corrected chi connectivity index (χ2v) is 10.5. The van der Waals surface area contributed by atoms with E-state index in [-0.39, 0.29) is 12.5 Å². The van der Waals surface area contributed by atoms with Gasteiger partial charge in [-0.2, -0.15) is 0 Å². The van der Waals surface area contributed by atoms with Crippen molar-refractivity contribution in [1.29, 1.82) is 0 Å². The van der Waals surface area contributed by atoms with E-state index in [0.717, 1.165) is 38.5 Å². The highest BCUT2D eigenvalue weighted by atomic mass is 16.3. The van der Waals surface area contributed by atoms with Crippen molar-refractivity contribution in [3.63, 3.8) is 0 Å². The first-order valence-electron chi connectivity index (χ1n) is 15.2. The Morgan fingerprint density at radius 2 is 0.941 bits per heavy atom. The van der Waals surface area contributed by atoms with Gasteiger partial charge in [-0.25, -0.2) is 0 Å². The minimum absolute atomic E-state index is 0.0491. The van der Waals surface area contributed by atoms with Crippen LogP contribution in [0.3, 0.4) is 0 Å². The van der Waals surface area contributed by atoms with Crippen LogP contribution < -0.4 is 5.32 Å². The largest absolute Gasteiger partial charge is 0.394 e. The predicted molar refractivity (Wildman–Crippen MR) is 147 cm³/mol. The first kappa shape index (κ1) is 33.4. The van der Waals surface area contributed by atoms with E-state index in [4.69, 9.17) is 0 Å². The number of aliphatic hydroxyl groups excluding tert-OH is 2. The monoisotopic (exact) mass is 483 g/mol. The Labute approximate surface area is 213 Å². The van der Waals surface area contributed by atoms with E-state index >= 15 is 0 Å². The van der Waals surface area contributed by atoms with Crippen molar-refractivity contribution in [1.82, 2.24) is 5.32 Å². The van der Waals surface area contributed by atoms with Gasteiger partial charge in [0.2, 0.25) is 5.91 Å². The highest BCUT2D eigenvalue weighted by molar-refractivity contribution is 5.76. The highest BCUT2D eigenvalue weighted by Crippen LogP contribution is 2.15. The van der Waals surface area contributed by atoms with Gasteiger partial charge in [0, 0.05) is 6.42 Å². The van der Waals surface area contributed by atoms with Crippen molar-refractivity contribution >= 4 is 5.91 Å². The average Bonchev–Trinajstić information content (AvgIpc) is 2.84. The number of carbonyl (C=O) groups is 1. The molecule has 204 valence electrons. The van der Waals surface area contributed by atoms with Gasteiger partial charge >= 0.3 is 0 Å². The van der Waals surface area contributed by atoms with Gasteiger partial charge in [-0.1, -0.05) is 149 Å². The van der Waals surface area contributed by atoms with Crippen molar-refractivity contribution in [3.8, 4) is 0 Å². The molecule has 0 rings (SSSR count). The summed E-state index contributed by atoms with van der Waals surface area (Å²) in [5.74, 6) is -0.0491. The molecule has 0 aromatic carbocycles. The zero-order valence-electron chi connectivity index (χ0n) is 23.1. The van der Waals surface area contributed by atoms with Crippen molar-refractivity contribution in [3.05, 3.63) is 0 Å². The summed E-state index contributed by atoms with van der Waals surface area (Å²) in [6, 6.07) is -0.524. The second kappa shape index (κ2) is 27.0. The van der Waals surface area contributed by atoms with Gasteiger partial charge in [-0.3, -0.25) is 4.79 Å². The van der Waals surface area contributed by atoms with E-state index in [2.05, 4.69) is 19.2 Å². The number of aliphatic hydroxyl groups is 2. The van der Waals surface area contributed by atoms with Crippen molar-refractivity contribution < 1.29 is 15.0 Å². The van der Waals surface area contributed by atoms with E-state index in [1.807, 2.05) is 0 Å². The molecule has 3 N–H and O–H groups in total. The van der Waals surface area contributed by atoms with Crippen LogP contribution in [0.1, 0.15) is 168 Å². The zero-order chi connectivity index (χ0) is 25.1. The SMILES string of the molecule is CCCCCCCCCCCCCCCCCCCCC(O)C(CO)NC(=O)CCCCCC. The van der Waals surface area contributed by atoms with Crippen LogP contribution in [0.2, 0.25) is 0 Å². The summed E-state index contributed by atoms with van der Waals surface area (Å²) >= 11 is 0. The summed E-state index contributed by atoms with van der Waals surface area (Å²) in [7, 11) is 0. The molecule has 4 heteroatoms. The zero-order valence-corrected chi connectivity index (χ0v) is 23.1. The van der Waals surface area contributed by atoms with Crippen LogP contribution in [0.4, 0.5) is 0 Å². The molecular weight excluding hydrogens is 422 g/mol. The maximum Gasteiger partial charge on any atom is 0.220 e. The Balaban J connectivity index is 3.43. The van der Waals surface area contributed by atoms with Crippen LogP contribution in [-0.2, 0) is 4.79 Å². The molecule has 2 unspecified atom stereocenters. The summed E-state index contributed by atoms with van der Waals surface area (Å²) < 4.78 is 0. The fraction of sp³-hybridized carbons (Fsp3) is 0.967. The maximum atomic E-state index is 12.0. The third-order valence-electron chi connectivity index (χ3n) is 7.12. The van der Waals surface area contributed by atoms with Crippen molar-refractivity contribution in [2.24, 2.45) is 0 Å². The van der Waals surface area contributed by atoms with Crippen LogP contribution in [0.15, 0.2) is 0 Å². The fourth-order valence-electron chi connectivity index (χ4n) is 4.71. The summed E-state index contributed by atoms with van der Waals surface area (Å²) in [5, 5.41) is 22.7. The molecule has 0 bridgehead atoms. The Bertz CT molecular complexity index is 416. The highest BCUT2D eigenvalue weighted by Gasteiger charge is 2.19. The molecule has 4 nitrogen and oxygen atoms in total. The third kappa shape index (κ3) is 23.1. The summed E-state index contributed by atoms with van der Waals surface area (Å²) in [6.45, 7) is 4.24. The summed E-state index contributed by atoms with van der Waals surface area (Å²) in [6.07, 6.45) is 29.0. The van der Waals surface area contributed by atoms with Gasteiger partial charge in [-0.05, 0) is 12.8 Å². The van der Waals surface area contributed by atoms with Gasteiger partial charge in [-0.15, -0.1) is 0 Å². The van der Waals surface area contributed by atoms with Crippen LogP contribution in [-0.4, -0.2) is 34.9 Å². The Hall–Kier alpha value is -0.610. The van der Waals surface area contributed by atoms with Crippen LogP contribution in [0.5, 0.6) is 0 Å². The Morgan fingerprint density at radius 3 is 1.32 bits per heavy atom. The smallest absolute Gasteiger partial charge is 0.220 e. The molecule has 1 amide bonds. The standard InChI is InChI=1S/C30H61NO3/c1-3-5-7-9-10-11-12-13-14-15-16-17-18-19-20-21-22-23-25-29(33)28(27-32)31-30(34)26-24-8-6-4-2/h28-29,32-33H,3-27H2,1-2H3,(H,31,34). The van der Waals surface area contributed by atoms with Crippen LogP contribution >= 0.6 is 0 Å². The number of carbonyl (C=O) groups excluding carboxylic acids is 1. The van der Waals surface area contributed by atoms with Gasteiger partial charge in [0.05, 0.1) is 18.8 Å². The Morgan fingerprint density at radius 1 is 0.588 bits per heavy atom. The molecule has 0 saturated carbocycles. The molecule has 0 aromatic heterocycles. The molecular formula is C30H61NO3. The summed E-state index contributed by atoms with van der Waals surface area (Å²) in [4.78, 5) is 12.0. The minimum Gasteiger partial charge on any atom is -0.394 e. The number of rotatable bonds is 27. The van der Waals surface area contributed by atoms with E-state index in [9.17, 15) is 15.0 Å². The van der Waals surface area contributed by atoms with Crippen molar-refractivity contribution in [2.45, 2.75) is 180 Å². The lowest BCUT2D eigenvalue weighted by atomic mass is 10.0.